The van der Waals surface area contributed by atoms with E-state index in [1.54, 1.807) is 0 Å². The van der Waals surface area contributed by atoms with Crippen LogP contribution in [0.4, 0.5) is 5.00 Å². The first kappa shape index (κ1) is 8.01. The molecule has 1 aromatic heterocycles. The highest BCUT2D eigenvalue weighted by atomic mass is 32.1. The molecule has 2 rings (SSSR count). The van der Waals surface area contributed by atoms with Crippen LogP contribution in [0.15, 0.2) is 6.07 Å². The minimum Gasteiger partial charge on any atom is -0.389 e. The van der Waals surface area contributed by atoms with Crippen LogP contribution in [0.5, 0.6) is 0 Å². The third kappa shape index (κ3) is 1.59. The second kappa shape index (κ2) is 3.41. The van der Waals surface area contributed by atoms with Gasteiger partial charge in [-0.15, -0.1) is 0 Å². The lowest BCUT2D eigenvalue weighted by Crippen LogP contribution is -2.14. The van der Waals surface area contributed by atoms with Gasteiger partial charge in [-0.05, 0) is 30.4 Å². The Morgan fingerprint density at radius 1 is 1.50 bits per heavy atom. The van der Waals surface area contributed by atoms with Crippen molar-refractivity contribution in [3.05, 3.63) is 11.8 Å². The summed E-state index contributed by atoms with van der Waals surface area (Å²) in [6.45, 7) is 1.73. The van der Waals surface area contributed by atoms with E-state index in [1.807, 2.05) is 6.07 Å². The van der Waals surface area contributed by atoms with Crippen LogP contribution in [0.2, 0.25) is 0 Å². The lowest BCUT2D eigenvalue weighted by Gasteiger charge is -2.19. The number of nitrogen functional groups attached to an aromatic ring is 1. The molecule has 0 unspecified atom stereocenters. The van der Waals surface area contributed by atoms with E-state index in [0.717, 1.165) is 36.8 Å². The van der Waals surface area contributed by atoms with Crippen molar-refractivity contribution in [1.82, 2.24) is 4.37 Å². The second-order valence-corrected chi connectivity index (χ2v) is 3.88. The average Bonchev–Trinajstić information content (AvgIpc) is 2.54. The van der Waals surface area contributed by atoms with Gasteiger partial charge in [0.1, 0.15) is 5.00 Å². The molecule has 1 aliphatic rings. The summed E-state index contributed by atoms with van der Waals surface area (Å²) in [6, 6.07) is 1.99. The van der Waals surface area contributed by atoms with E-state index < -0.39 is 0 Å². The first-order valence-electron chi connectivity index (χ1n) is 4.16. The number of anilines is 1. The van der Waals surface area contributed by atoms with Crippen molar-refractivity contribution in [3.63, 3.8) is 0 Å². The zero-order chi connectivity index (χ0) is 8.39. The number of nitrogens with two attached hydrogens (primary N) is 1. The Morgan fingerprint density at radius 2 is 2.25 bits per heavy atom. The summed E-state index contributed by atoms with van der Waals surface area (Å²) in [5.74, 6) is 0.576. The molecule has 3 nitrogen and oxygen atoms in total. The summed E-state index contributed by atoms with van der Waals surface area (Å²) >= 11 is 1.39. The Bertz CT molecular complexity index is 255. The SMILES string of the molecule is Nc1cc(C2CCOCC2)ns1. The predicted molar refractivity (Wildman–Crippen MR) is 49.3 cm³/mol. The Balaban J connectivity index is 2.08. The molecule has 12 heavy (non-hydrogen) atoms. The molecule has 0 bridgehead atoms. The van der Waals surface area contributed by atoms with Gasteiger partial charge < -0.3 is 10.5 Å². The number of hydrogen-bond acceptors (Lipinski definition) is 4. The van der Waals surface area contributed by atoms with Crippen molar-refractivity contribution in [2.45, 2.75) is 18.8 Å². The fourth-order valence-electron chi connectivity index (χ4n) is 1.49. The first-order valence-corrected chi connectivity index (χ1v) is 4.93. The molecule has 1 saturated heterocycles. The van der Waals surface area contributed by atoms with Crippen LogP contribution in [-0.2, 0) is 4.74 Å². The van der Waals surface area contributed by atoms with Crippen molar-refractivity contribution >= 4 is 16.5 Å². The van der Waals surface area contributed by atoms with E-state index in [0.29, 0.717) is 5.92 Å². The summed E-state index contributed by atoms with van der Waals surface area (Å²) < 4.78 is 9.57. The monoisotopic (exact) mass is 184 g/mol. The largest absolute Gasteiger partial charge is 0.389 e. The molecule has 4 heteroatoms. The highest BCUT2D eigenvalue weighted by Crippen LogP contribution is 2.28. The van der Waals surface area contributed by atoms with E-state index in [-0.39, 0.29) is 0 Å². The van der Waals surface area contributed by atoms with Gasteiger partial charge in [0.15, 0.2) is 0 Å². The van der Waals surface area contributed by atoms with E-state index in [4.69, 9.17) is 10.5 Å². The van der Waals surface area contributed by atoms with Gasteiger partial charge >= 0.3 is 0 Å². The summed E-state index contributed by atoms with van der Waals surface area (Å²) in [7, 11) is 0. The van der Waals surface area contributed by atoms with Gasteiger partial charge in [-0.25, -0.2) is 0 Å². The summed E-state index contributed by atoms with van der Waals surface area (Å²) in [6.07, 6.45) is 2.17. The smallest absolute Gasteiger partial charge is 0.107 e. The summed E-state index contributed by atoms with van der Waals surface area (Å²) in [4.78, 5) is 0. The number of aromatic nitrogens is 1. The zero-order valence-corrected chi connectivity index (χ0v) is 7.64. The number of rotatable bonds is 1. The molecule has 1 aromatic rings. The number of nitrogens with zero attached hydrogens (tertiary/aromatic N) is 1. The van der Waals surface area contributed by atoms with Crippen LogP contribution in [0.25, 0.3) is 0 Å². The van der Waals surface area contributed by atoms with Gasteiger partial charge in [-0.1, -0.05) is 0 Å². The molecule has 1 fully saturated rings. The quantitative estimate of drug-likeness (QED) is 0.721. The third-order valence-corrected chi connectivity index (χ3v) is 2.82. The fraction of sp³-hybridized carbons (Fsp3) is 0.625. The van der Waals surface area contributed by atoms with Gasteiger partial charge in [0, 0.05) is 19.1 Å². The molecular formula is C8H12N2OS. The van der Waals surface area contributed by atoms with E-state index in [1.165, 1.54) is 11.5 Å². The molecule has 0 aromatic carbocycles. The molecule has 0 saturated carbocycles. The van der Waals surface area contributed by atoms with Gasteiger partial charge in [0.05, 0.1) is 5.69 Å². The van der Waals surface area contributed by atoms with Crippen molar-refractivity contribution in [3.8, 4) is 0 Å². The van der Waals surface area contributed by atoms with Crippen LogP contribution < -0.4 is 5.73 Å². The highest BCUT2D eigenvalue weighted by molar-refractivity contribution is 7.10. The van der Waals surface area contributed by atoms with Crippen molar-refractivity contribution < 1.29 is 4.74 Å². The van der Waals surface area contributed by atoms with Gasteiger partial charge in [0.2, 0.25) is 0 Å². The standard InChI is InChI=1S/C8H12N2OS/c9-8-5-7(10-12-8)6-1-3-11-4-2-6/h5-6H,1-4,9H2. The van der Waals surface area contributed by atoms with Crippen LogP contribution in [-0.4, -0.2) is 17.6 Å². The topological polar surface area (TPSA) is 48.1 Å². The lowest BCUT2D eigenvalue weighted by molar-refractivity contribution is 0.0847. The molecule has 0 spiro atoms. The van der Waals surface area contributed by atoms with Crippen LogP contribution in [0, 0.1) is 0 Å². The van der Waals surface area contributed by atoms with Crippen LogP contribution >= 0.6 is 11.5 Å². The lowest BCUT2D eigenvalue weighted by atomic mass is 9.97. The fourth-order valence-corrected chi connectivity index (χ4v) is 2.08. The van der Waals surface area contributed by atoms with Gasteiger partial charge in [-0.3, -0.25) is 0 Å². The minimum atomic E-state index is 0.576. The maximum atomic E-state index is 5.61. The van der Waals surface area contributed by atoms with Crippen LogP contribution in [0.1, 0.15) is 24.5 Å². The van der Waals surface area contributed by atoms with E-state index >= 15 is 0 Å². The Labute approximate surface area is 75.7 Å². The highest BCUT2D eigenvalue weighted by Gasteiger charge is 2.17. The van der Waals surface area contributed by atoms with E-state index in [2.05, 4.69) is 4.37 Å². The zero-order valence-electron chi connectivity index (χ0n) is 6.82. The van der Waals surface area contributed by atoms with Crippen molar-refractivity contribution in [1.29, 1.82) is 0 Å². The molecule has 2 N–H and O–H groups in total. The molecule has 0 amide bonds. The average molecular weight is 184 g/mol. The molecular weight excluding hydrogens is 172 g/mol. The molecule has 0 radical (unpaired) electrons. The number of hydrogen-bond donors (Lipinski definition) is 1. The summed E-state index contributed by atoms with van der Waals surface area (Å²) in [5, 5.41) is 0.816. The third-order valence-electron chi connectivity index (χ3n) is 2.19. The predicted octanol–water partition coefficient (Wildman–Crippen LogP) is 1.62. The van der Waals surface area contributed by atoms with Crippen molar-refractivity contribution in [2.75, 3.05) is 18.9 Å². The normalized spacial score (nSPS) is 19.7. The maximum absolute atomic E-state index is 5.61. The molecule has 1 aliphatic heterocycles. The minimum absolute atomic E-state index is 0.576. The number of ether oxygens (including phenoxy) is 1. The Kier molecular flexibility index (Phi) is 2.28. The van der Waals surface area contributed by atoms with E-state index in [9.17, 15) is 0 Å². The van der Waals surface area contributed by atoms with Crippen molar-refractivity contribution in [2.24, 2.45) is 0 Å². The maximum Gasteiger partial charge on any atom is 0.107 e. The molecule has 2 heterocycles. The Morgan fingerprint density at radius 3 is 2.83 bits per heavy atom. The Hall–Kier alpha value is -0.610. The van der Waals surface area contributed by atoms with Gasteiger partial charge in [-0.2, -0.15) is 4.37 Å². The molecule has 0 atom stereocenters. The van der Waals surface area contributed by atoms with Crippen LogP contribution in [0.3, 0.4) is 0 Å². The first-order chi connectivity index (χ1) is 5.86. The van der Waals surface area contributed by atoms with Gasteiger partial charge in [0.25, 0.3) is 0 Å². The molecule has 66 valence electrons. The second-order valence-electron chi connectivity index (χ2n) is 3.04. The summed E-state index contributed by atoms with van der Waals surface area (Å²) in [5.41, 5.74) is 6.76. The molecule has 0 aliphatic carbocycles.